The average molecular weight is 296 g/mol. The smallest absolute Gasteiger partial charge is 0.179 e. The second kappa shape index (κ2) is 7.24. The molecule has 0 heterocycles. The Morgan fingerprint density at radius 1 is 1.10 bits per heavy atom. The topological polar surface area (TPSA) is 17.1 Å². The number of rotatable bonds is 3. The van der Waals surface area contributed by atoms with E-state index in [-0.39, 0.29) is 10.8 Å². The zero-order chi connectivity index (χ0) is 15.9. The standard InChI is InChI=1S/C19H24OSi/c1-19(2,3)21(4,5)16-10-9-13-18(20)15-14-17-11-7-6-8-12-17/h6-9,11-15H,1-5H3/b13-9+,15-14+. The third kappa shape index (κ3) is 5.97. The Hall–Kier alpha value is -1.85. The first kappa shape index (κ1) is 17.2. The number of hydrogen-bond acceptors (Lipinski definition) is 1. The summed E-state index contributed by atoms with van der Waals surface area (Å²) in [5.74, 6) is 3.00. The fourth-order valence-electron chi connectivity index (χ4n) is 1.33. The van der Waals surface area contributed by atoms with E-state index in [0.717, 1.165) is 5.56 Å². The number of allylic oxidation sites excluding steroid dienone is 3. The van der Waals surface area contributed by atoms with Crippen molar-refractivity contribution in [1.82, 2.24) is 0 Å². The maximum atomic E-state index is 11.7. The molecule has 0 bridgehead atoms. The first-order valence-corrected chi connectivity index (χ1v) is 10.2. The Bertz CT molecular complexity index is 590. The van der Waals surface area contributed by atoms with Gasteiger partial charge >= 0.3 is 0 Å². The molecule has 0 aliphatic carbocycles. The summed E-state index contributed by atoms with van der Waals surface area (Å²) in [6.07, 6.45) is 6.57. The molecule has 1 nitrogen and oxygen atoms in total. The lowest BCUT2D eigenvalue weighted by Gasteiger charge is -2.31. The Labute approximate surface area is 129 Å². The van der Waals surface area contributed by atoms with E-state index in [9.17, 15) is 4.79 Å². The minimum Gasteiger partial charge on any atom is -0.290 e. The number of benzene rings is 1. The summed E-state index contributed by atoms with van der Waals surface area (Å²) in [5, 5.41) is 0.241. The van der Waals surface area contributed by atoms with Gasteiger partial charge in [-0.05, 0) is 28.8 Å². The van der Waals surface area contributed by atoms with Gasteiger partial charge in [0.1, 0.15) is 8.07 Å². The van der Waals surface area contributed by atoms with E-state index in [4.69, 9.17) is 0 Å². The molecule has 21 heavy (non-hydrogen) atoms. The highest BCUT2D eigenvalue weighted by atomic mass is 28.3. The van der Waals surface area contributed by atoms with Crippen LogP contribution in [0.2, 0.25) is 18.1 Å². The van der Waals surface area contributed by atoms with Crippen molar-refractivity contribution in [2.75, 3.05) is 0 Å². The van der Waals surface area contributed by atoms with Gasteiger partial charge < -0.3 is 0 Å². The zero-order valence-corrected chi connectivity index (χ0v) is 14.6. The lowest BCUT2D eigenvalue weighted by molar-refractivity contribution is -0.110. The molecule has 0 saturated carbocycles. The Balaban J connectivity index is 2.63. The molecular weight excluding hydrogens is 272 g/mol. The molecule has 0 unspecified atom stereocenters. The van der Waals surface area contributed by atoms with Crippen LogP contribution in [-0.2, 0) is 4.79 Å². The monoisotopic (exact) mass is 296 g/mol. The highest BCUT2D eigenvalue weighted by Gasteiger charge is 2.33. The van der Waals surface area contributed by atoms with Crippen LogP contribution in [-0.4, -0.2) is 13.9 Å². The summed E-state index contributed by atoms with van der Waals surface area (Å²) in [6, 6.07) is 9.78. The third-order valence-corrected chi connectivity index (χ3v) is 8.35. The summed E-state index contributed by atoms with van der Waals surface area (Å²) in [6.45, 7) is 11.2. The van der Waals surface area contributed by atoms with Crippen molar-refractivity contribution >= 4 is 19.9 Å². The lowest BCUT2D eigenvalue weighted by atomic mass is 10.2. The van der Waals surface area contributed by atoms with Crippen molar-refractivity contribution in [2.24, 2.45) is 0 Å². The normalized spacial score (nSPS) is 12.4. The molecule has 0 aromatic heterocycles. The summed E-state index contributed by atoms with van der Waals surface area (Å²) >= 11 is 0. The van der Waals surface area contributed by atoms with Gasteiger partial charge in [-0.2, -0.15) is 0 Å². The lowest BCUT2D eigenvalue weighted by Crippen LogP contribution is -2.35. The minimum atomic E-state index is -1.59. The molecule has 0 aliphatic heterocycles. The van der Waals surface area contributed by atoms with Crippen molar-refractivity contribution in [3.05, 3.63) is 54.1 Å². The molecule has 0 aliphatic rings. The maximum absolute atomic E-state index is 11.7. The summed E-state index contributed by atoms with van der Waals surface area (Å²) in [4.78, 5) is 11.7. The largest absolute Gasteiger partial charge is 0.290 e. The SMILES string of the molecule is CC(C)(C)[Si](C)(C)C#C/C=C/C(=O)/C=C/c1ccccc1. The number of hydrogen-bond donors (Lipinski definition) is 0. The third-order valence-electron chi connectivity index (χ3n) is 3.83. The zero-order valence-electron chi connectivity index (χ0n) is 13.6. The molecule has 0 fully saturated rings. The summed E-state index contributed by atoms with van der Waals surface area (Å²) in [7, 11) is -1.59. The van der Waals surface area contributed by atoms with Crippen molar-refractivity contribution in [1.29, 1.82) is 0 Å². The van der Waals surface area contributed by atoms with Crippen LogP contribution in [0.5, 0.6) is 0 Å². The van der Waals surface area contributed by atoms with Crippen molar-refractivity contribution in [3.63, 3.8) is 0 Å². The van der Waals surface area contributed by atoms with E-state index in [1.807, 2.05) is 36.4 Å². The van der Waals surface area contributed by atoms with Crippen LogP contribution in [0.25, 0.3) is 6.08 Å². The van der Waals surface area contributed by atoms with Gasteiger partial charge in [0, 0.05) is 0 Å². The predicted molar refractivity (Wildman–Crippen MR) is 94.6 cm³/mol. The highest BCUT2D eigenvalue weighted by molar-refractivity contribution is 6.87. The molecule has 0 N–H and O–H groups in total. The molecule has 1 aromatic carbocycles. The van der Waals surface area contributed by atoms with E-state index >= 15 is 0 Å². The molecule has 2 heteroatoms. The molecule has 0 amide bonds. The van der Waals surface area contributed by atoms with Crippen LogP contribution in [0, 0.1) is 11.5 Å². The van der Waals surface area contributed by atoms with E-state index in [0.29, 0.717) is 0 Å². The molecule has 1 rings (SSSR count). The minimum absolute atomic E-state index is 0.0385. The number of carbonyl (C=O) groups is 1. The van der Waals surface area contributed by atoms with Gasteiger partial charge in [-0.1, -0.05) is 76.2 Å². The van der Waals surface area contributed by atoms with Crippen LogP contribution in [0.4, 0.5) is 0 Å². The van der Waals surface area contributed by atoms with Crippen molar-refractivity contribution < 1.29 is 4.79 Å². The van der Waals surface area contributed by atoms with Gasteiger partial charge in [0.15, 0.2) is 5.78 Å². The molecule has 110 valence electrons. The van der Waals surface area contributed by atoms with Crippen LogP contribution in [0.15, 0.2) is 48.6 Å². The van der Waals surface area contributed by atoms with Gasteiger partial charge in [-0.15, -0.1) is 5.54 Å². The van der Waals surface area contributed by atoms with E-state index in [1.165, 1.54) is 6.08 Å². The van der Waals surface area contributed by atoms with Crippen LogP contribution < -0.4 is 0 Å². The molecule has 0 atom stereocenters. The van der Waals surface area contributed by atoms with E-state index in [2.05, 4.69) is 45.3 Å². The van der Waals surface area contributed by atoms with Gasteiger partial charge in [-0.3, -0.25) is 4.79 Å². The second-order valence-electron chi connectivity index (χ2n) is 6.62. The summed E-state index contributed by atoms with van der Waals surface area (Å²) < 4.78 is 0. The molecular formula is C19H24OSi. The predicted octanol–water partition coefficient (Wildman–Crippen LogP) is 4.88. The quantitative estimate of drug-likeness (QED) is 0.441. The molecule has 1 aromatic rings. The van der Waals surface area contributed by atoms with Gasteiger partial charge in [0.05, 0.1) is 0 Å². The Morgan fingerprint density at radius 2 is 1.71 bits per heavy atom. The molecule has 0 spiro atoms. The Morgan fingerprint density at radius 3 is 2.29 bits per heavy atom. The van der Waals surface area contributed by atoms with E-state index in [1.54, 1.807) is 12.2 Å². The van der Waals surface area contributed by atoms with Gasteiger partial charge in [0.2, 0.25) is 0 Å². The maximum Gasteiger partial charge on any atom is 0.179 e. The summed E-state index contributed by atoms with van der Waals surface area (Å²) in [5.41, 5.74) is 4.37. The highest BCUT2D eigenvalue weighted by Crippen LogP contribution is 2.34. The van der Waals surface area contributed by atoms with Gasteiger partial charge in [0.25, 0.3) is 0 Å². The van der Waals surface area contributed by atoms with Gasteiger partial charge in [-0.25, -0.2) is 0 Å². The Kier molecular flexibility index (Phi) is 5.93. The van der Waals surface area contributed by atoms with Crippen LogP contribution in [0.1, 0.15) is 26.3 Å². The van der Waals surface area contributed by atoms with E-state index < -0.39 is 8.07 Å². The van der Waals surface area contributed by atoms with Crippen molar-refractivity contribution in [2.45, 2.75) is 38.9 Å². The van der Waals surface area contributed by atoms with Crippen LogP contribution in [0.3, 0.4) is 0 Å². The van der Waals surface area contributed by atoms with Crippen molar-refractivity contribution in [3.8, 4) is 11.5 Å². The second-order valence-corrected chi connectivity index (χ2v) is 11.6. The van der Waals surface area contributed by atoms with Crippen LogP contribution >= 0.6 is 0 Å². The number of carbonyl (C=O) groups excluding carboxylic acids is 1. The number of ketones is 1. The average Bonchev–Trinajstić information content (AvgIpc) is 2.41. The first-order chi connectivity index (χ1) is 9.72. The molecule has 0 saturated heterocycles. The molecule has 0 radical (unpaired) electrons. The first-order valence-electron chi connectivity index (χ1n) is 7.19. The fourth-order valence-corrected chi connectivity index (χ4v) is 2.15. The fraction of sp³-hybridized carbons (Fsp3) is 0.316.